The van der Waals surface area contributed by atoms with Crippen LogP contribution in [0, 0.1) is 5.82 Å². The molecule has 2 aliphatic heterocycles. The Morgan fingerprint density at radius 3 is 2.78 bits per heavy atom. The average Bonchev–Trinajstić information content (AvgIpc) is 2.67. The maximum absolute atomic E-state index is 13.6. The number of piperidine rings is 1. The van der Waals surface area contributed by atoms with Gasteiger partial charge >= 0.3 is 0 Å². The topological polar surface area (TPSA) is 58.6 Å². The SMILES string of the molecule is O=C1CO[C@@H]2CN(C(=O)c3cc(F)cc(Cl)c3)CC[C@@]2(c2ccccc2)N1. The number of hydrogen-bond donors (Lipinski definition) is 1. The van der Waals surface area contributed by atoms with Crippen LogP contribution in [-0.4, -0.2) is 42.5 Å². The smallest absolute Gasteiger partial charge is 0.254 e. The summed E-state index contributed by atoms with van der Waals surface area (Å²) in [4.78, 5) is 26.5. The van der Waals surface area contributed by atoms with Gasteiger partial charge in [0, 0.05) is 23.7 Å². The first kappa shape index (κ1) is 17.9. The fourth-order valence-electron chi connectivity index (χ4n) is 3.90. The molecule has 0 unspecified atom stereocenters. The van der Waals surface area contributed by atoms with Crippen LogP contribution in [-0.2, 0) is 15.1 Å². The average molecular weight is 389 g/mol. The van der Waals surface area contributed by atoms with Gasteiger partial charge in [-0.25, -0.2) is 4.39 Å². The molecule has 2 atom stereocenters. The lowest BCUT2D eigenvalue weighted by Crippen LogP contribution is -2.67. The third kappa shape index (κ3) is 3.31. The molecule has 0 aromatic heterocycles. The lowest BCUT2D eigenvalue weighted by Gasteiger charge is -2.50. The summed E-state index contributed by atoms with van der Waals surface area (Å²) in [6.07, 6.45) is 0.113. The first-order valence-electron chi connectivity index (χ1n) is 8.71. The second-order valence-corrected chi connectivity index (χ2v) is 7.28. The molecule has 27 heavy (non-hydrogen) atoms. The van der Waals surface area contributed by atoms with E-state index in [0.29, 0.717) is 19.5 Å². The summed E-state index contributed by atoms with van der Waals surface area (Å²) in [6.45, 7) is 0.650. The lowest BCUT2D eigenvalue weighted by atomic mass is 9.77. The first-order valence-corrected chi connectivity index (χ1v) is 9.09. The summed E-state index contributed by atoms with van der Waals surface area (Å²) < 4.78 is 19.4. The minimum atomic E-state index is -0.674. The van der Waals surface area contributed by atoms with Crippen molar-refractivity contribution < 1.29 is 18.7 Å². The number of nitrogens with one attached hydrogen (secondary N) is 1. The number of ether oxygens (including phenoxy) is 1. The van der Waals surface area contributed by atoms with Gasteiger partial charge in [-0.15, -0.1) is 0 Å². The van der Waals surface area contributed by atoms with Crippen LogP contribution >= 0.6 is 11.6 Å². The molecule has 2 heterocycles. The number of rotatable bonds is 2. The highest BCUT2D eigenvalue weighted by molar-refractivity contribution is 6.31. The van der Waals surface area contributed by atoms with Gasteiger partial charge in [-0.3, -0.25) is 9.59 Å². The highest BCUT2D eigenvalue weighted by atomic mass is 35.5. The number of likely N-dealkylation sites (tertiary alicyclic amines) is 1. The lowest BCUT2D eigenvalue weighted by molar-refractivity contribution is -0.150. The molecule has 2 aromatic rings. The summed E-state index contributed by atoms with van der Waals surface area (Å²) in [7, 11) is 0. The molecular formula is C20H18ClFN2O3. The van der Waals surface area contributed by atoms with Crippen molar-refractivity contribution in [2.45, 2.75) is 18.1 Å². The molecule has 0 radical (unpaired) electrons. The number of amides is 2. The second-order valence-electron chi connectivity index (χ2n) is 6.84. The highest BCUT2D eigenvalue weighted by Crippen LogP contribution is 2.37. The Morgan fingerprint density at radius 2 is 2.04 bits per heavy atom. The fraction of sp³-hybridized carbons (Fsp3) is 0.300. The molecule has 0 spiro atoms. The quantitative estimate of drug-likeness (QED) is 0.860. The van der Waals surface area contributed by atoms with Crippen molar-refractivity contribution in [3.8, 4) is 0 Å². The van der Waals surface area contributed by atoms with Crippen LogP contribution in [0.1, 0.15) is 22.3 Å². The van der Waals surface area contributed by atoms with Crippen LogP contribution in [0.5, 0.6) is 0 Å². The zero-order valence-electron chi connectivity index (χ0n) is 14.5. The van der Waals surface area contributed by atoms with E-state index in [1.54, 1.807) is 4.90 Å². The van der Waals surface area contributed by atoms with Crippen molar-refractivity contribution in [3.05, 3.63) is 70.5 Å². The molecule has 5 nitrogen and oxygen atoms in total. The number of nitrogens with zero attached hydrogens (tertiary/aromatic N) is 1. The third-order valence-electron chi connectivity index (χ3n) is 5.18. The fourth-order valence-corrected chi connectivity index (χ4v) is 4.12. The number of halogens is 2. The Bertz CT molecular complexity index is 872. The van der Waals surface area contributed by atoms with E-state index in [1.807, 2.05) is 30.3 Å². The Labute approximate surface area is 161 Å². The van der Waals surface area contributed by atoms with Gasteiger partial charge in [-0.2, -0.15) is 0 Å². The van der Waals surface area contributed by atoms with Gasteiger partial charge in [-0.05, 0) is 30.2 Å². The highest BCUT2D eigenvalue weighted by Gasteiger charge is 2.49. The summed E-state index contributed by atoms with van der Waals surface area (Å²) in [6, 6.07) is 13.4. The maximum Gasteiger partial charge on any atom is 0.254 e. The molecule has 140 valence electrons. The number of hydrogen-bond acceptors (Lipinski definition) is 3. The van der Waals surface area contributed by atoms with E-state index in [4.69, 9.17) is 16.3 Å². The first-order chi connectivity index (χ1) is 13.0. The predicted octanol–water partition coefficient (Wildman–Crippen LogP) is 2.74. The Hall–Kier alpha value is -2.44. The Balaban J connectivity index is 1.62. The van der Waals surface area contributed by atoms with Gasteiger partial charge in [0.15, 0.2) is 0 Å². The van der Waals surface area contributed by atoms with E-state index < -0.39 is 11.4 Å². The minimum Gasteiger partial charge on any atom is -0.364 e. The van der Waals surface area contributed by atoms with E-state index in [9.17, 15) is 14.0 Å². The minimum absolute atomic E-state index is 0.0485. The second kappa shape index (κ2) is 6.94. The van der Waals surface area contributed by atoms with Gasteiger partial charge in [0.2, 0.25) is 5.91 Å². The summed E-state index contributed by atoms with van der Waals surface area (Å²) in [5.74, 6) is -1.03. The molecule has 2 saturated heterocycles. The van der Waals surface area contributed by atoms with Crippen LogP contribution in [0.3, 0.4) is 0 Å². The zero-order chi connectivity index (χ0) is 19.0. The molecule has 1 N–H and O–H groups in total. The zero-order valence-corrected chi connectivity index (χ0v) is 15.2. The van der Waals surface area contributed by atoms with Crippen LogP contribution in [0.25, 0.3) is 0 Å². The standard InChI is InChI=1S/C20H18ClFN2O3/c21-15-8-13(9-16(22)10-15)19(26)24-7-6-20(14-4-2-1-3-5-14)17(11-24)27-12-18(25)23-20/h1-5,8-10,17H,6-7,11-12H2,(H,23,25)/t17-,20+/m1/s1. The van der Waals surface area contributed by atoms with Crippen molar-refractivity contribution in [2.24, 2.45) is 0 Å². The number of carbonyl (C=O) groups is 2. The largest absolute Gasteiger partial charge is 0.364 e. The number of benzene rings is 2. The van der Waals surface area contributed by atoms with Gasteiger partial charge in [0.05, 0.1) is 5.54 Å². The maximum atomic E-state index is 13.6. The van der Waals surface area contributed by atoms with Crippen LogP contribution in [0.4, 0.5) is 4.39 Å². The van der Waals surface area contributed by atoms with Gasteiger partial charge in [0.25, 0.3) is 5.91 Å². The van der Waals surface area contributed by atoms with Crippen molar-refractivity contribution in [2.75, 3.05) is 19.7 Å². The van der Waals surface area contributed by atoms with E-state index >= 15 is 0 Å². The molecule has 0 bridgehead atoms. The van der Waals surface area contributed by atoms with E-state index in [0.717, 1.165) is 11.6 Å². The Morgan fingerprint density at radius 1 is 1.26 bits per heavy atom. The van der Waals surface area contributed by atoms with Crippen molar-refractivity contribution in [3.63, 3.8) is 0 Å². The van der Waals surface area contributed by atoms with Gasteiger partial charge in [0.1, 0.15) is 18.5 Å². The van der Waals surface area contributed by atoms with Crippen LogP contribution in [0.2, 0.25) is 5.02 Å². The molecule has 4 rings (SSSR count). The molecule has 2 aliphatic rings. The van der Waals surface area contributed by atoms with E-state index in [-0.39, 0.29) is 35.1 Å². The number of fused-ring (bicyclic) bond motifs is 1. The van der Waals surface area contributed by atoms with Crippen molar-refractivity contribution >= 4 is 23.4 Å². The molecule has 2 fully saturated rings. The molecular weight excluding hydrogens is 371 g/mol. The summed E-state index contributed by atoms with van der Waals surface area (Å²) >= 11 is 5.88. The van der Waals surface area contributed by atoms with Crippen molar-refractivity contribution in [1.82, 2.24) is 10.2 Å². The van der Waals surface area contributed by atoms with Gasteiger partial charge < -0.3 is 15.0 Å². The normalized spacial score (nSPS) is 24.9. The summed E-state index contributed by atoms with van der Waals surface area (Å²) in [5.41, 5.74) is 0.475. The van der Waals surface area contributed by atoms with E-state index in [2.05, 4.69) is 5.32 Å². The molecule has 2 amide bonds. The molecule has 0 saturated carbocycles. The predicted molar refractivity (Wildman–Crippen MR) is 97.9 cm³/mol. The molecule has 7 heteroatoms. The molecule has 0 aliphatic carbocycles. The monoisotopic (exact) mass is 388 g/mol. The van der Waals surface area contributed by atoms with Crippen molar-refractivity contribution in [1.29, 1.82) is 0 Å². The van der Waals surface area contributed by atoms with Gasteiger partial charge in [-0.1, -0.05) is 41.9 Å². The Kier molecular flexibility index (Phi) is 4.61. The van der Waals surface area contributed by atoms with Crippen LogP contribution < -0.4 is 5.32 Å². The third-order valence-corrected chi connectivity index (χ3v) is 5.39. The summed E-state index contributed by atoms with van der Waals surface area (Å²) in [5, 5.41) is 3.26. The number of morpholine rings is 1. The number of carbonyl (C=O) groups excluding carboxylic acids is 2. The molecule has 2 aromatic carbocycles. The van der Waals surface area contributed by atoms with Crippen LogP contribution in [0.15, 0.2) is 48.5 Å². The van der Waals surface area contributed by atoms with E-state index in [1.165, 1.54) is 12.1 Å².